The third kappa shape index (κ3) is 3.56. The number of hydrogen-bond acceptors (Lipinski definition) is 3. The first-order chi connectivity index (χ1) is 10.1. The van der Waals surface area contributed by atoms with Crippen LogP contribution in [0.15, 0.2) is 24.3 Å². The van der Waals surface area contributed by atoms with Gasteiger partial charge in [0.2, 0.25) is 5.91 Å². The maximum atomic E-state index is 12.7. The Balaban J connectivity index is 2.13. The average Bonchev–Trinajstić information content (AvgIpc) is 2.94. The molecule has 3 unspecified atom stereocenters. The lowest BCUT2D eigenvalue weighted by atomic mass is 10.0. The lowest BCUT2D eigenvalue weighted by molar-refractivity contribution is -0.137. The summed E-state index contributed by atoms with van der Waals surface area (Å²) in [5, 5.41) is 0. The molecule has 2 rings (SSSR count). The molecule has 0 radical (unpaired) electrons. The Morgan fingerprint density at radius 1 is 1.48 bits per heavy atom. The van der Waals surface area contributed by atoms with Gasteiger partial charge in [0.25, 0.3) is 0 Å². The second kappa shape index (κ2) is 6.94. The highest BCUT2D eigenvalue weighted by Gasteiger charge is 2.32. The molecule has 1 aromatic carbocycles. The van der Waals surface area contributed by atoms with E-state index >= 15 is 0 Å². The van der Waals surface area contributed by atoms with E-state index in [1.54, 1.807) is 7.11 Å². The van der Waals surface area contributed by atoms with E-state index in [0.29, 0.717) is 6.54 Å². The molecule has 0 aliphatic heterocycles. The molecule has 1 aliphatic rings. The highest BCUT2D eigenvalue weighted by atomic mass is 16.5. The normalized spacial score (nSPS) is 22.9. The van der Waals surface area contributed by atoms with E-state index in [1.165, 1.54) is 0 Å². The largest absolute Gasteiger partial charge is 0.497 e. The molecular formula is C17H26N2O2. The number of carbonyl (C=O) groups excluding carboxylic acids is 1. The maximum absolute atomic E-state index is 12.7. The Labute approximate surface area is 127 Å². The third-order valence-corrected chi connectivity index (χ3v) is 4.49. The van der Waals surface area contributed by atoms with Crippen molar-refractivity contribution in [1.29, 1.82) is 0 Å². The molecule has 1 aromatic rings. The lowest BCUT2D eigenvalue weighted by Gasteiger charge is -2.31. The van der Waals surface area contributed by atoms with Crippen molar-refractivity contribution in [2.45, 2.75) is 45.2 Å². The predicted octanol–water partition coefficient (Wildman–Crippen LogP) is 2.73. The second-order valence-corrected chi connectivity index (χ2v) is 5.85. The number of methoxy groups -OCH3 is 1. The molecule has 1 fully saturated rings. The minimum Gasteiger partial charge on any atom is -0.497 e. The number of nitrogens with zero attached hydrogens (tertiary/aromatic N) is 1. The summed E-state index contributed by atoms with van der Waals surface area (Å²) in [5.74, 6) is 1.15. The number of rotatable bonds is 5. The number of nitrogens with two attached hydrogens (primary N) is 1. The van der Waals surface area contributed by atoms with E-state index in [-0.39, 0.29) is 23.9 Å². The van der Waals surface area contributed by atoms with E-state index in [2.05, 4.69) is 6.92 Å². The molecule has 2 N–H and O–H groups in total. The minimum absolute atomic E-state index is 0.0504. The second-order valence-electron chi connectivity index (χ2n) is 5.85. The van der Waals surface area contributed by atoms with Crippen molar-refractivity contribution in [3.63, 3.8) is 0 Å². The van der Waals surface area contributed by atoms with Crippen LogP contribution in [0.5, 0.6) is 5.75 Å². The summed E-state index contributed by atoms with van der Waals surface area (Å²) in [6.07, 6.45) is 2.70. The van der Waals surface area contributed by atoms with Crippen molar-refractivity contribution in [3.05, 3.63) is 29.8 Å². The van der Waals surface area contributed by atoms with E-state index in [9.17, 15) is 4.79 Å². The Morgan fingerprint density at radius 2 is 2.24 bits per heavy atom. The molecule has 116 valence electrons. The van der Waals surface area contributed by atoms with E-state index < -0.39 is 0 Å². The van der Waals surface area contributed by atoms with Gasteiger partial charge in [-0.05, 0) is 50.8 Å². The van der Waals surface area contributed by atoms with E-state index in [0.717, 1.165) is 30.6 Å². The fourth-order valence-corrected chi connectivity index (χ4v) is 3.18. The fraction of sp³-hybridized carbons (Fsp3) is 0.588. The first kappa shape index (κ1) is 15.8. The highest BCUT2D eigenvalue weighted by Crippen LogP contribution is 2.30. The van der Waals surface area contributed by atoms with E-state index in [1.807, 2.05) is 36.1 Å². The first-order valence-electron chi connectivity index (χ1n) is 7.76. The van der Waals surface area contributed by atoms with Crippen molar-refractivity contribution in [3.8, 4) is 5.75 Å². The number of ether oxygens (including phenoxy) is 1. The Bertz CT molecular complexity index is 489. The summed E-state index contributed by atoms with van der Waals surface area (Å²) in [7, 11) is 1.66. The van der Waals surface area contributed by atoms with Crippen molar-refractivity contribution in [2.75, 3.05) is 13.7 Å². The zero-order valence-electron chi connectivity index (χ0n) is 13.2. The SMILES string of the molecule is CCN(C(=O)C1CCC(N)C1)C(C)c1cccc(OC)c1. The predicted molar refractivity (Wildman–Crippen MR) is 84.1 cm³/mol. The molecular weight excluding hydrogens is 264 g/mol. The Kier molecular flexibility index (Phi) is 5.23. The van der Waals surface area contributed by atoms with Gasteiger partial charge in [0.05, 0.1) is 13.2 Å². The highest BCUT2D eigenvalue weighted by molar-refractivity contribution is 5.79. The van der Waals surface area contributed by atoms with Crippen molar-refractivity contribution in [2.24, 2.45) is 11.7 Å². The number of benzene rings is 1. The molecule has 1 amide bonds. The zero-order chi connectivity index (χ0) is 15.4. The molecule has 0 heterocycles. The van der Waals surface area contributed by atoms with Crippen LogP contribution in [-0.4, -0.2) is 30.5 Å². The fourth-order valence-electron chi connectivity index (χ4n) is 3.18. The Hall–Kier alpha value is -1.55. The number of carbonyl (C=O) groups is 1. The van der Waals surface area contributed by atoms with Gasteiger partial charge < -0.3 is 15.4 Å². The lowest BCUT2D eigenvalue weighted by Crippen LogP contribution is -2.37. The molecule has 0 spiro atoms. The number of hydrogen-bond donors (Lipinski definition) is 1. The van der Waals surface area contributed by atoms with Gasteiger partial charge in [-0.1, -0.05) is 12.1 Å². The van der Waals surface area contributed by atoms with Crippen molar-refractivity contribution >= 4 is 5.91 Å². The summed E-state index contributed by atoms with van der Waals surface area (Å²) in [5.41, 5.74) is 7.05. The minimum atomic E-state index is 0.0504. The van der Waals surface area contributed by atoms with Crippen LogP contribution in [0.2, 0.25) is 0 Å². The van der Waals surface area contributed by atoms with Gasteiger partial charge in [-0.3, -0.25) is 4.79 Å². The van der Waals surface area contributed by atoms with Crippen LogP contribution in [-0.2, 0) is 4.79 Å². The van der Waals surface area contributed by atoms with Crippen LogP contribution in [0.25, 0.3) is 0 Å². The molecule has 0 aromatic heterocycles. The van der Waals surface area contributed by atoms with Gasteiger partial charge in [0, 0.05) is 18.5 Å². The van der Waals surface area contributed by atoms with Crippen LogP contribution in [0, 0.1) is 5.92 Å². The van der Waals surface area contributed by atoms with Gasteiger partial charge in [0.1, 0.15) is 5.75 Å². The van der Waals surface area contributed by atoms with Crippen LogP contribution in [0.3, 0.4) is 0 Å². The first-order valence-corrected chi connectivity index (χ1v) is 7.76. The van der Waals surface area contributed by atoms with Crippen LogP contribution in [0.4, 0.5) is 0 Å². The molecule has 0 bridgehead atoms. The Morgan fingerprint density at radius 3 is 2.81 bits per heavy atom. The van der Waals surface area contributed by atoms with Crippen LogP contribution in [0.1, 0.15) is 44.7 Å². The molecule has 4 heteroatoms. The van der Waals surface area contributed by atoms with Crippen LogP contribution >= 0.6 is 0 Å². The molecule has 3 atom stereocenters. The maximum Gasteiger partial charge on any atom is 0.226 e. The summed E-state index contributed by atoms with van der Waals surface area (Å²) >= 11 is 0. The van der Waals surface area contributed by atoms with Gasteiger partial charge in [-0.15, -0.1) is 0 Å². The number of amides is 1. The molecule has 4 nitrogen and oxygen atoms in total. The molecule has 0 saturated heterocycles. The summed E-state index contributed by atoms with van der Waals surface area (Å²) in [6, 6.07) is 8.17. The topological polar surface area (TPSA) is 55.6 Å². The van der Waals surface area contributed by atoms with Gasteiger partial charge in [-0.25, -0.2) is 0 Å². The quantitative estimate of drug-likeness (QED) is 0.907. The zero-order valence-corrected chi connectivity index (χ0v) is 13.2. The standard InChI is InChI=1S/C17H26N2O2/c1-4-19(17(20)14-8-9-15(18)10-14)12(2)13-6-5-7-16(11-13)21-3/h5-7,11-12,14-15H,4,8-10,18H2,1-3H3. The van der Waals surface area contributed by atoms with Crippen molar-refractivity contribution < 1.29 is 9.53 Å². The van der Waals surface area contributed by atoms with Gasteiger partial charge in [0.15, 0.2) is 0 Å². The summed E-state index contributed by atoms with van der Waals surface area (Å²) in [4.78, 5) is 14.7. The van der Waals surface area contributed by atoms with E-state index in [4.69, 9.17) is 10.5 Å². The van der Waals surface area contributed by atoms with Crippen molar-refractivity contribution in [1.82, 2.24) is 4.90 Å². The third-order valence-electron chi connectivity index (χ3n) is 4.49. The van der Waals surface area contributed by atoms with Gasteiger partial charge >= 0.3 is 0 Å². The average molecular weight is 290 g/mol. The smallest absolute Gasteiger partial charge is 0.226 e. The van der Waals surface area contributed by atoms with Crippen LogP contribution < -0.4 is 10.5 Å². The monoisotopic (exact) mass is 290 g/mol. The molecule has 21 heavy (non-hydrogen) atoms. The van der Waals surface area contributed by atoms with Gasteiger partial charge in [-0.2, -0.15) is 0 Å². The molecule has 1 aliphatic carbocycles. The summed E-state index contributed by atoms with van der Waals surface area (Å²) < 4.78 is 5.27. The summed E-state index contributed by atoms with van der Waals surface area (Å²) in [6.45, 7) is 4.82. The molecule has 1 saturated carbocycles.